The lowest BCUT2D eigenvalue weighted by atomic mass is 9.90. The highest BCUT2D eigenvalue weighted by Crippen LogP contribution is 2.60. The van der Waals surface area contributed by atoms with Crippen molar-refractivity contribution in [3.63, 3.8) is 0 Å². The van der Waals surface area contributed by atoms with Crippen LogP contribution in [0.3, 0.4) is 0 Å². The number of Topliss-reactive ketones (excluding diaryl/α,β-unsaturated/α-hetero) is 1. The number of ether oxygens (including phenoxy) is 1. The quantitative estimate of drug-likeness (QED) is 0.622. The van der Waals surface area contributed by atoms with Crippen LogP contribution in [0.5, 0.6) is 5.75 Å². The van der Waals surface area contributed by atoms with Gasteiger partial charge in [-0.3, -0.25) is 9.69 Å². The molecule has 0 radical (unpaired) electrons. The third-order valence-electron chi connectivity index (χ3n) is 6.01. The Morgan fingerprint density at radius 1 is 1.38 bits per heavy atom. The highest BCUT2D eigenvalue weighted by Gasteiger charge is 2.60. The van der Waals surface area contributed by atoms with E-state index in [1.165, 1.54) is 0 Å². The van der Waals surface area contributed by atoms with Crippen molar-refractivity contribution in [2.45, 2.75) is 34.2 Å². The number of aromatic hydroxyl groups is 1. The number of benzene rings is 1. The first-order valence-corrected chi connectivity index (χ1v) is 9.08. The number of hydrogen-bond donors (Lipinski definition) is 1. The lowest BCUT2D eigenvalue weighted by molar-refractivity contribution is 0.0340. The molecule has 1 N–H and O–H groups in total. The maximum absolute atomic E-state index is 13.3. The van der Waals surface area contributed by atoms with E-state index in [1.54, 1.807) is 0 Å². The number of ketones is 1. The average molecular weight is 380 g/mol. The predicted octanol–water partition coefficient (Wildman–Crippen LogP) is 3.90. The molecule has 0 amide bonds. The minimum absolute atomic E-state index is 0. The summed E-state index contributed by atoms with van der Waals surface area (Å²) in [6, 6.07) is 1.98. The lowest BCUT2D eigenvalue weighted by Crippen LogP contribution is -2.36. The van der Waals surface area contributed by atoms with Crippen LogP contribution in [-0.2, 0) is 11.3 Å². The summed E-state index contributed by atoms with van der Waals surface area (Å²) in [5, 5.41) is 10.4. The van der Waals surface area contributed by atoms with Gasteiger partial charge < -0.3 is 9.84 Å². The zero-order chi connectivity index (χ0) is 18.4. The van der Waals surface area contributed by atoms with Gasteiger partial charge in [-0.15, -0.1) is 19.0 Å². The first-order chi connectivity index (χ1) is 11.8. The van der Waals surface area contributed by atoms with Crippen LogP contribution >= 0.6 is 12.4 Å². The van der Waals surface area contributed by atoms with Gasteiger partial charge in [0.15, 0.2) is 5.78 Å². The molecule has 0 aromatic heterocycles. The topological polar surface area (TPSA) is 49.8 Å². The van der Waals surface area contributed by atoms with Gasteiger partial charge in [0.2, 0.25) is 0 Å². The molecule has 3 rings (SSSR count). The van der Waals surface area contributed by atoms with Crippen molar-refractivity contribution >= 4 is 18.2 Å². The number of phenolic OH excluding ortho intramolecular Hbond substituents is 1. The average Bonchev–Trinajstić information content (AvgIpc) is 3.14. The first kappa shape index (κ1) is 20.9. The third kappa shape index (κ3) is 3.55. The molecule has 2 aliphatic rings. The Hall–Kier alpha value is -1.36. The number of aryl methyl sites for hydroxylation is 1. The molecule has 1 heterocycles. The fraction of sp³-hybridized carbons (Fsp3) is 0.571. The van der Waals surface area contributed by atoms with Crippen molar-refractivity contribution in [3.8, 4) is 5.75 Å². The molecule has 144 valence electrons. The maximum atomic E-state index is 13.3. The van der Waals surface area contributed by atoms with Crippen LogP contribution in [0.2, 0.25) is 0 Å². The van der Waals surface area contributed by atoms with Crippen molar-refractivity contribution < 1.29 is 14.6 Å². The lowest BCUT2D eigenvalue weighted by Gasteiger charge is -2.28. The Morgan fingerprint density at radius 2 is 2.00 bits per heavy atom. The minimum atomic E-state index is -0.0536. The van der Waals surface area contributed by atoms with Crippen LogP contribution in [-0.4, -0.2) is 42.1 Å². The Bertz CT molecular complexity index is 708. The summed E-state index contributed by atoms with van der Waals surface area (Å²) in [4.78, 5) is 15.7. The summed E-state index contributed by atoms with van der Waals surface area (Å²) in [5.74, 6) is 0.543. The molecule has 1 aliphatic carbocycles. The molecule has 4 nitrogen and oxygen atoms in total. The number of hydrogen-bond acceptors (Lipinski definition) is 4. The van der Waals surface area contributed by atoms with Crippen LogP contribution < -0.4 is 0 Å². The van der Waals surface area contributed by atoms with Crippen LogP contribution in [0.15, 0.2) is 18.7 Å². The highest BCUT2D eigenvalue weighted by molar-refractivity contribution is 6.03. The van der Waals surface area contributed by atoms with Gasteiger partial charge in [-0.05, 0) is 36.3 Å². The van der Waals surface area contributed by atoms with Gasteiger partial charge in [0.25, 0.3) is 0 Å². The molecular weight excluding hydrogens is 350 g/mol. The van der Waals surface area contributed by atoms with E-state index in [9.17, 15) is 9.90 Å². The van der Waals surface area contributed by atoms with E-state index >= 15 is 0 Å². The van der Waals surface area contributed by atoms with Gasteiger partial charge in [0.05, 0.1) is 13.2 Å². The Morgan fingerprint density at radius 3 is 2.54 bits per heavy atom. The summed E-state index contributed by atoms with van der Waals surface area (Å²) in [6.45, 7) is 15.8. The SMILES string of the molecule is C=CC1C(C(=O)c2c(CN3CCOCC3)cc(C)c(O)c2C)C1(C)C.Cl. The molecule has 0 bridgehead atoms. The molecule has 1 aliphatic heterocycles. The molecule has 1 aromatic rings. The number of nitrogens with zero attached hydrogens (tertiary/aromatic N) is 1. The van der Waals surface area contributed by atoms with Crippen molar-refractivity contribution in [1.29, 1.82) is 0 Å². The minimum Gasteiger partial charge on any atom is -0.507 e. The molecule has 1 aromatic carbocycles. The van der Waals surface area contributed by atoms with E-state index in [0.29, 0.717) is 11.1 Å². The van der Waals surface area contributed by atoms with Crippen LogP contribution in [0.25, 0.3) is 0 Å². The number of morpholine rings is 1. The zero-order valence-corrected chi connectivity index (χ0v) is 17.0. The third-order valence-corrected chi connectivity index (χ3v) is 6.01. The Kier molecular flexibility index (Phi) is 6.21. The molecule has 26 heavy (non-hydrogen) atoms. The van der Waals surface area contributed by atoms with Gasteiger partial charge in [0, 0.05) is 36.7 Å². The van der Waals surface area contributed by atoms with Gasteiger partial charge in [-0.1, -0.05) is 26.0 Å². The van der Waals surface area contributed by atoms with E-state index in [-0.39, 0.29) is 41.2 Å². The number of carbonyl (C=O) groups excluding carboxylic acids is 1. The van der Waals surface area contributed by atoms with Crippen molar-refractivity contribution in [2.24, 2.45) is 17.3 Å². The number of halogens is 1. The van der Waals surface area contributed by atoms with E-state index in [1.807, 2.05) is 26.0 Å². The number of rotatable bonds is 5. The van der Waals surface area contributed by atoms with Crippen molar-refractivity contribution in [1.82, 2.24) is 4.90 Å². The molecule has 1 saturated heterocycles. The molecular formula is C21H30ClNO3. The second kappa shape index (κ2) is 7.71. The molecule has 1 saturated carbocycles. The fourth-order valence-corrected chi connectivity index (χ4v) is 4.30. The second-order valence-corrected chi connectivity index (χ2v) is 8.01. The smallest absolute Gasteiger partial charge is 0.167 e. The van der Waals surface area contributed by atoms with E-state index in [2.05, 4.69) is 25.3 Å². The fourth-order valence-electron chi connectivity index (χ4n) is 4.30. The van der Waals surface area contributed by atoms with Crippen molar-refractivity contribution in [2.75, 3.05) is 26.3 Å². The number of allylic oxidation sites excluding steroid dienone is 1. The summed E-state index contributed by atoms with van der Waals surface area (Å²) >= 11 is 0. The molecule has 2 atom stereocenters. The van der Waals surface area contributed by atoms with Gasteiger partial charge in [-0.2, -0.15) is 0 Å². The van der Waals surface area contributed by atoms with Gasteiger partial charge in [-0.25, -0.2) is 0 Å². The zero-order valence-electron chi connectivity index (χ0n) is 16.2. The largest absolute Gasteiger partial charge is 0.507 e. The first-order valence-electron chi connectivity index (χ1n) is 9.08. The number of carbonyl (C=O) groups is 1. The normalized spacial score (nSPS) is 24.6. The van der Waals surface area contributed by atoms with Crippen LogP contribution in [0, 0.1) is 31.1 Å². The van der Waals surface area contributed by atoms with E-state index in [0.717, 1.165) is 44.0 Å². The van der Waals surface area contributed by atoms with Crippen LogP contribution in [0.1, 0.15) is 40.9 Å². The molecule has 2 unspecified atom stereocenters. The van der Waals surface area contributed by atoms with Crippen molar-refractivity contribution in [3.05, 3.63) is 41.0 Å². The predicted molar refractivity (Wildman–Crippen MR) is 106 cm³/mol. The molecule has 0 spiro atoms. The second-order valence-electron chi connectivity index (χ2n) is 8.01. The van der Waals surface area contributed by atoms with Crippen LogP contribution in [0.4, 0.5) is 0 Å². The summed E-state index contributed by atoms with van der Waals surface area (Å²) in [7, 11) is 0. The van der Waals surface area contributed by atoms with E-state index < -0.39 is 0 Å². The van der Waals surface area contributed by atoms with Gasteiger partial charge in [0.1, 0.15) is 5.75 Å². The molecule has 2 fully saturated rings. The Labute approximate surface area is 162 Å². The van der Waals surface area contributed by atoms with Gasteiger partial charge >= 0.3 is 0 Å². The monoisotopic (exact) mass is 379 g/mol. The summed E-state index contributed by atoms with van der Waals surface area (Å²) in [6.07, 6.45) is 1.90. The molecule has 5 heteroatoms. The summed E-state index contributed by atoms with van der Waals surface area (Å²) < 4.78 is 5.43. The standard InChI is InChI=1S/C21H29NO3.ClH/c1-6-16-18(21(16,4)5)20(24)17-14(3)19(23)13(2)11-15(17)12-22-7-9-25-10-8-22;/h6,11,16,18,23H,1,7-10,12H2,2-5H3;1H. The maximum Gasteiger partial charge on any atom is 0.167 e. The number of phenols is 1. The Balaban J connectivity index is 0.00000243. The summed E-state index contributed by atoms with van der Waals surface area (Å²) in [5.41, 5.74) is 3.20. The highest BCUT2D eigenvalue weighted by atomic mass is 35.5. The van der Waals surface area contributed by atoms with E-state index in [4.69, 9.17) is 4.74 Å².